The summed E-state index contributed by atoms with van der Waals surface area (Å²) in [7, 11) is 0. The fourth-order valence-electron chi connectivity index (χ4n) is 1.58. The highest BCUT2D eigenvalue weighted by atomic mass is 32.2. The number of hydrogen-bond acceptors (Lipinski definition) is 3. The Hall–Kier alpha value is -0.510. The van der Waals surface area contributed by atoms with Gasteiger partial charge in [0, 0.05) is 16.7 Å². The molecule has 90 valence electrons. The van der Waals surface area contributed by atoms with Crippen molar-refractivity contribution in [3.05, 3.63) is 29.8 Å². The zero-order valence-corrected chi connectivity index (χ0v) is 11.2. The molecule has 0 aliphatic heterocycles. The first-order valence-electron chi connectivity index (χ1n) is 5.77. The first-order valence-corrected chi connectivity index (χ1v) is 6.76. The van der Waals surface area contributed by atoms with Crippen LogP contribution < -0.4 is 11.3 Å². The van der Waals surface area contributed by atoms with Gasteiger partial charge in [0.05, 0.1) is 0 Å². The molecule has 16 heavy (non-hydrogen) atoms. The zero-order chi connectivity index (χ0) is 12.0. The molecule has 3 N–H and O–H groups in total. The fraction of sp³-hybridized carbons (Fsp3) is 0.538. The molecule has 0 bridgehead atoms. The van der Waals surface area contributed by atoms with Gasteiger partial charge in [0.1, 0.15) is 0 Å². The molecule has 0 aliphatic rings. The summed E-state index contributed by atoms with van der Waals surface area (Å²) in [6.45, 7) is 6.55. The van der Waals surface area contributed by atoms with Crippen LogP contribution in [0.15, 0.2) is 29.2 Å². The Kier molecular flexibility index (Phi) is 5.88. The average molecular weight is 238 g/mol. The summed E-state index contributed by atoms with van der Waals surface area (Å²) < 4.78 is 0. The van der Waals surface area contributed by atoms with Crippen LogP contribution in [0.5, 0.6) is 0 Å². The van der Waals surface area contributed by atoms with Gasteiger partial charge in [0.2, 0.25) is 0 Å². The molecule has 0 saturated carbocycles. The fourth-order valence-corrected chi connectivity index (χ4v) is 2.54. The SMILES string of the molecule is Cc1ccc(SCC(CC(C)C)NN)cc1. The number of thioether (sulfide) groups is 1. The van der Waals surface area contributed by atoms with E-state index in [-0.39, 0.29) is 0 Å². The van der Waals surface area contributed by atoms with Crippen molar-refractivity contribution in [1.82, 2.24) is 5.43 Å². The molecule has 2 nitrogen and oxygen atoms in total. The normalized spacial score (nSPS) is 13.1. The molecular formula is C13H22N2S. The highest BCUT2D eigenvalue weighted by Gasteiger charge is 2.09. The Balaban J connectivity index is 2.40. The number of nitrogens with one attached hydrogen (secondary N) is 1. The van der Waals surface area contributed by atoms with Crippen molar-refractivity contribution in [2.45, 2.75) is 38.1 Å². The minimum absolute atomic E-state index is 0.395. The molecule has 0 amide bonds. The van der Waals surface area contributed by atoms with Crippen molar-refractivity contribution in [3.63, 3.8) is 0 Å². The number of benzene rings is 1. The first kappa shape index (κ1) is 13.6. The molecule has 0 spiro atoms. The van der Waals surface area contributed by atoms with Gasteiger partial charge in [0.25, 0.3) is 0 Å². The second-order valence-electron chi connectivity index (χ2n) is 4.62. The predicted octanol–water partition coefficient (Wildman–Crippen LogP) is 2.97. The van der Waals surface area contributed by atoms with E-state index in [1.165, 1.54) is 10.5 Å². The summed E-state index contributed by atoms with van der Waals surface area (Å²) >= 11 is 1.86. The summed E-state index contributed by atoms with van der Waals surface area (Å²) in [5, 5.41) is 0. The largest absolute Gasteiger partial charge is 0.271 e. The summed E-state index contributed by atoms with van der Waals surface area (Å²) in [6.07, 6.45) is 1.12. The number of aryl methyl sites for hydroxylation is 1. The third-order valence-corrected chi connectivity index (χ3v) is 3.64. The summed E-state index contributed by atoms with van der Waals surface area (Å²) in [5.41, 5.74) is 4.20. The zero-order valence-electron chi connectivity index (χ0n) is 10.4. The van der Waals surface area contributed by atoms with E-state index >= 15 is 0 Å². The van der Waals surface area contributed by atoms with Crippen LogP contribution in [0, 0.1) is 12.8 Å². The Morgan fingerprint density at radius 1 is 1.25 bits per heavy atom. The lowest BCUT2D eigenvalue weighted by atomic mass is 10.1. The van der Waals surface area contributed by atoms with E-state index in [4.69, 9.17) is 5.84 Å². The first-order chi connectivity index (χ1) is 7.61. The Bertz CT molecular complexity index is 295. The lowest BCUT2D eigenvalue weighted by Crippen LogP contribution is -2.37. The Labute approximate surface area is 103 Å². The van der Waals surface area contributed by atoms with Crippen molar-refractivity contribution >= 4 is 11.8 Å². The average Bonchev–Trinajstić information content (AvgIpc) is 2.26. The van der Waals surface area contributed by atoms with Crippen LogP contribution in [0.2, 0.25) is 0 Å². The molecule has 0 aliphatic carbocycles. The standard InChI is InChI=1S/C13H22N2S/c1-10(2)8-12(15-14)9-16-13-6-4-11(3)5-7-13/h4-7,10,12,15H,8-9,14H2,1-3H3. The molecule has 1 aromatic carbocycles. The third kappa shape index (κ3) is 5.01. The quantitative estimate of drug-likeness (QED) is 0.454. The Morgan fingerprint density at radius 2 is 1.88 bits per heavy atom. The van der Waals surface area contributed by atoms with Crippen molar-refractivity contribution < 1.29 is 0 Å². The molecule has 0 saturated heterocycles. The maximum atomic E-state index is 5.55. The highest BCUT2D eigenvalue weighted by Crippen LogP contribution is 2.20. The minimum atomic E-state index is 0.395. The van der Waals surface area contributed by atoms with Crippen LogP contribution >= 0.6 is 11.8 Å². The van der Waals surface area contributed by atoms with Gasteiger partial charge in [-0.15, -0.1) is 11.8 Å². The van der Waals surface area contributed by atoms with Gasteiger partial charge in [-0.1, -0.05) is 31.5 Å². The lowest BCUT2D eigenvalue weighted by Gasteiger charge is -2.17. The van der Waals surface area contributed by atoms with Crippen molar-refractivity contribution in [1.29, 1.82) is 0 Å². The number of rotatable bonds is 6. The van der Waals surface area contributed by atoms with E-state index in [0.29, 0.717) is 12.0 Å². The van der Waals surface area contributed by atoms with Crippen LogP contribution in [0.3, 0.4) is 0 Å². The third-order valence-electron chi connectivity index (χ3n) is 2.46. The van der Waals surface area contributed by atoms with E-state index < -0.39 is 0 Å². The molecule has 1 atom stereocenters. The molecular weight excluding hydrogens is 216 g/mol. The molecule has 0 fully saturated rings. The lowest BCUT2D eigenvalue weighted by molar-refractivity contribution is 0.456. The number of hydrogen-bond donors (Lipinski definition) is 2. The Morgan fingerprint density at radius 3 is 2.38 bits per heavy atom. The van der Waals surface area contributed by atoms with E-state index in [1.54, 1.807) is 0 Å². The molecule has 0 heterocycles. The van der Waals surface area contributed by atoms with Gasteiger partial charge in [-0.3, -0.25) is 11.3 Å². The molecule has 1 rings (SSSR count). The summed E-state index contributed by atoms with van der Waals surface area (Å²) in [4.78, 5) is 1.31. The van der Waals surface area contributed by atoms with Crippen LogP contribution in [0.25, 0.3) is 0 Å². The number of hydrazine groups is 1. The summed E-state index contributed by atoms with van der Waals surface area (Å²) in [5.74, 6) is 7.25. The molecule has 1 unspecified atom stereocenters. The van der Waals surface area contributed by atoms with Crippen LogP contribution in [-0.4, -0.2) is 11.8 Å². The van der Waals surface area contributed by atoms with E-state index in [0.717, 1.165) is 12.2 Å². The second-order valence-corrected chi connectivity index (χ2v) is 5.71. The van der Waals surface area contributed by atoms with Gasteiger partial charge in [-0.2, -0.15) is 0 Å². The van der Waals surface area contributed by atoms with Gasteiger partial charge in [0.15, 0.2) is 0 Å². The smallest absolute Gasteiger partial charge is 0.0307 e. The van der Waals surface area contributed by atoms with Gasteiger partial charge >= 0.3 is 0 Å². The van der Waals surface area contributed by atoms with Crippen molar-refractivity contribution in [3.8, 4) is 0 Å². The minimum Gasteiger partial charge on any atom is -0.271 e. The van der Waals surface area contributed by atoms with Gasteiger partial charge < -0.3 is 0 Å². The maximum Gasteiger partial charge on any atom is 0.0307 e. The van der Waals surface area contributed by atoms with Gasteiger partial charge in [-0.25, -0.2) is 0 Å². The van der Waals surface area contributed by atoms with Crippen LogP contribution in [0.1, 0.15) is 25.8 Å². The summed E-state index contributed by atoms with van der Waals surface area (Å²) in [6, 6.07) is 9.03. The number of nitrogens with two attached hydrogens (primary N) is 1. The topological polar surface area (TPSA) is 38.0 Å². The van der Waals surface area contributed by atoms with Crippen molar-refractivity contribution in [2.75, 3.05) is 5.75 Å². The molecule has 3 heteroatoms. The monoisotopic (exact) mass is 238 g/mol. The van der Waals surface area contributed by atoms with Crippen LogP contribution in [0.4, 0.5) is 0 Å². The molecule has 0 aromatic heterocycles. The van der Waals surface area contributed by atoms with Crippen LogP contribution in [-0.2, 0) is 0 Å². The predicted molar refractivity (Wildman–Crippen MR) is 72.5 cm³/mol. The van der Waals surface area contributed by atoms with E-state index in [2.05, 4.69) is 50.5 Å². The van der Waals surface area contributed by atoms with Gasteiger partial charge in [-0.05, 0) is 31.4 Å². The second kappa shape index (κ2) is 6.94. The van der Waals surface area contributed by atoms with Crippen molar-refractivity contribution in [2.24, 2.45) is 11.8 Å². The maximum absolute atomic E-state index is 5.55. The molecule has 0 radical (unpaired) electrons. The van der Waals surface area contributed by atoms with E-state index in [9.17, 15) is 0 Å². The molecule has 1 aromatic rings. The highest BCUT2D eigenvalue weighted by molar-refractivity contribution is 7.99. The van der Waals surface area contributed by atoms with E-state index in [1.807, 2.05) is 11.8 Å².